The van der Waals surface area contributed by atoms with E-state index in [4.69, 9.17) is 40.1 Å². The molecule has 0 bridgehead atoms. The van der Waals surface area contributed by atoms with Gasteiger partial charge in [0.15, 0.2) is 17.9 Å². The van der Waals surface area contributed by atoms with Gasteiger partial charge in [-0.1, -0.05) is 110 Å². The molecule has 10 atom stereocenters. The van der Waals surface area contributed by atoms with Gasteiger partial charge in [0.1, 0.15) is 54.4 Å². The van der Waals surface area contributed by atoms with E-state index in [1.807, 2.05) is 60.7 Å². The molecule has 0 aliphatic rings. The SMILES string of the molecule is CC(C)[C@H](NC(=O)[C@H](Cc1c[nH]c2ccccc12)NC(=O)[C@H](CCCN=C(N)N)NC(=O)[C@H](CCCN=C(N)N)NC(=O)[C@@H](N)CCCN=C(N)N)C(=O)N[C@@H](Cc1c[nH]c2ccccc12)C(=O)N[C@H](C(=O)N[C@H](C(=O)N[C@H](C(=O)N[C@@H](Cc1c[nH]c2ccccc12)C(=O)O)C(C)C)C(C)C)C(C)C. The number of aliphatic carboxylic acids is 1. The van der Waals surface area contributed by atoms with Crippen molar-refractivity contribution in [2.75, 3.05) is 19.6 Å². The highest BCUT2D eigenvalue weighted by Gasteiger charge is 2.39. The van der Waals surface area contributed by atoms with E-state index in [1.165, 1.54) is 0 Å². The number of nitrogens with one attached hydrogen (secondary N) is 12. The lowest BCUT2D eigenvalue weighted by molar-refractivity contribution is -0.142. The summed E-state index contributed by atoms with van der Waals surface area (Å²) in [6.07, 6.45) is 5.37. The predicted molar refractivity (Wildman–Crippen MR) is 398 cm³/mol. The van der Waals surface area contributed by atoms with Gasteiger partial charge in [0.2, 0.25) is 53.2 Å². The summed E-state index contributed by atoms with van der Waals surface area (Å²) in [5.74, 6) is -11.4. The molecule has 3 heterocycles. The van der Waals surface area contributed by atoms with E-state index in [1.54, 1.807) is 86.1 Å². The Labute approximate surface area is 603 Å². The Morgan fingerprint density at radius 3 is 0.942 bits per heavy atom. The molecule has 564 valence electrons. The smallest absolute Gasteiger partial charge is 0.326 e. The number of hydrogen-bond acceptors (Lipinski definition) is 14. The van der Waals surface area contributed by atoms with Gasteiger partial charge in [0, 0.05) is 90.2 Å². The van der Waals surface area contributed by atoms with Crippen LogP contribution in [0.1, 0.15) is 111 Å². The number of aromatic nitrogens is 3. The summed E-state index contributed by atoms with van der Waals surface area (Å²) in [5.41, 5.74) is 43.6. The highest BCUT2D eigenvalue weighted by atomic mass is 16.4. The fourth-order valence-corrected chi connectivity index (χ4v) is 11.9. The normalized spacial score (nSPS) is 14.3. The number of para-hydroxylation sites is 3. The van der Waals surface area contributed by atoms with Crippen LogP contribution in [-0.2, 0) is 67.2 Å². The van der Waals surface area contributed by atoms with Crippen LogP contribution in [0.15, 0.2) is 106 Å². The van der Waals surface area contributed by atoms with Gasteiger partial charge in [-0.2, -0.15) is 0 Å². The maximum absolute atomic E-state index is 15.2. The van der Waals surface area contributed by atoms with Gasteiger partial charge < -0.3 is 108 Å². The van der Waals surface area contributed by atoms with Crippen molar-refractivity contribution in [2.24, 2.45) is 78.8 Å². The van der Waals surface area contributed by atoms with Crippen molar-refractivity contribution in [3.8, 4) is 0 Å². The molecule has 6 rings (SSSR count). The zero-order valence-electron chi connectivity index (χ0n) is 60.1. The summed E-state index contributed by atoms with van der Waals surface area (Å²) in [5, 5.41) is 37.3. The fourth-order valence-electron chi connectivity index (χ4n) is 11.9. The summed E-state index contributed by atoms with van der Waals surface area (Å²) >= 11 is 0. The first-order chi connectivity index (χ1) is 49.3. The minimum absolute atomic E-state index is 0.0165. The van der Waals surface area contributed by atoms with E-state index < -0.39 is 143 Å². The Hall–Kier alpha value is -11.3. The summed E-state index contributed by atoms with van der Waals surface area (Å²) in [6, 6.07) is 8.52. The fraction of sp³-hybridized carbons (Fsp3) is 0.479. The molecule has 6 aromatic rings. The molecule has 0 fully saturated rings. The van der Waals surface area contributed by atoms with Crippen molar-refractivity contribution in [2.45, 2.75) is 174 Å². The second-order valence-corrected chi connectivity index (χ2v) is 27.2. The second-order valence-electron chi connectivity index (χ2n) is 27.2. The molecule has 0 saturated carbocycles. The standard InChI is InChI=1S/C71H104N22O11/c1-36(2)55(90-62(97)52(30-40-33-82-47-22-12-9-18-43(40)47)87-61(96)51(26-17-29-81-71(77)78)86-60(95)50(25-16-28-80-70(75)76)85-59(94)46(72)21-15-27-79-69(73)74)64(99)88-53(31-41-34-83-48-23-13-10-19-44(41)48)63(98)91-57(38(5)6)66(101)93-58(39(7)8)67(102)92-56(37(3)4)65(100)89-54(68(103)104)32-42-35-84-49-24-14-11-20-45(42)49/h9-14,18-20,22-24,33-39,46,50-58,82-84H,15-17,21,25-32,72H2,1-8H3,(H,85,94)(H,86,95)(H,87,96)(H,88,99)(H,89,100)(H,90,97)(H,91,98)(H,92,102)(H,93,101)(H,103,104)(H4,73,74,79)(H4,75,76,80)(H4,77,78,81)/t46-,50-,51-,52-,53-,54-,55-,56-,57-,58-/m0/s1. The Bertz CT molecular complexity index is 4030. The van der Waals surface area contributed by atoms with Crippen LogP contribution in [-0.4, -0.2) is 177 Å². The number of carbonyl (C=O) groups excluding carboxylic acids is 9. The van der Waals surface area contributed by atoms with Gasteiger partial charge in [0.05, 0.1) is 6.04 Å². The average Bonchev–Trinajstić information content (AvgIpc) is 1.52. The number of fused-ring (bicyclic) bond motifs is 3. The van der Waals surface area contributed by atoms with Gasteiger partial charge in [-0.15, -0.1) is 0 Å². The first-order valence-corrected chi connectivity index (χ1v) is 34.9. The monoisotopic (exact) mass is 1440 g/mol. The van der Waals surface area contributed by atoms with Crippen LogP contribution in [0.25, 0.3) is 32.7 Å². The molecule has 33 heteroatoms. The van der Waals surface area contributed by atoms with E-state index in [9.17, 15) is 38.7 Å². The van der Waals surface area contributed by atoms with Crippen LogP contribution >= 0.6 is 0 Å². The van der Waals surface area contributed by atoms with Crippen LogP contribution in [0, 0.1) is 23.7 Å². The number of hydrogen-bond donors (Lipinski definition) is 20. The maximum Gasteiger partial charge on any atom is 0.326 e. The van der Waals surface area contributed by atoms with Crippen LogP contribution in [0.4, 0.5) is 0 Å². The molecule has 104 heavy (non-hydrogen) atoms. The molecule has 0 saturated heterocycles. The van der Waals surface area contributed by atoms with Crippen molar-refractivity contribution in [1.29, 1.82) is 0 Å². The number of amides is 9. The molecule has 27 N–H and O–H groups in total. The van der Waals surface area contributed by atoms with Crippen LogP contribution in [0.2, 0.25) is 0 Å². The lowest BCUT2D eigenvalue weighted by Gasteiger charge is -2.31. The number of nitrogens with zero attached hydrogens (tertiary/aromatic N) is 3. The molecule has 33 nitrogen and oxygen atoms in total. The van der Waals surface area contributed by atoms with Crippen molar-refractivity contribution < 1.29 is 53.1 Å². The van der Waals surface area contributed by atoms with Gasteiger partial charge in [-0.05, 0) is 97.1 Å². The van der Waals surface area contributed by atoms with E-state index in [2.05, 4.69) is 77.8 Å². The van der Waals surface area contributed by atoms with E-state index in [0.717, 1.165) is 21.8 Å². The minimum Gasteiger partial charge on any atom is -0.480 e. The molecule has 3 aromatic carbocycles. The van der Waals surface area contributed by atoms with Crippen molar-refractivity contribution in [1.82, 2.24) is 62.8 Å². The highest BCUT2D eigenvalue weighted by molar-refractivity contribution is 6.00. The van der Waals surface area contributed by atoms with Gasteiger partial charge in [0.25, 0.3) is 0 Å². The van der Waals surface area contributed by atoms with Crippen LogP contribution < -0.4 is 88.0 Å². The number of aromatic amines is 3. The van der Waals surface area contributed by atoms with Crippen molar-refractivity contribution in [3.05, 3.63) is 108 Å². The largest absolute Gasteiger partial charge is 0.480 e. The van der Waals surface area contributed by atoms with Gasteiger partial charge >= 0.3 is 5.97 Å². The third-order valence-electron chi connectivity index (χ3n) is 17.6. The average molecular weight is 1440 g/mol. The molecule has 0 radical (unpaired) electrons. The summed E-state index contributed by atoms with van der Waals surface area (Å²) < 4.78 is 0. The van der Waals surface area contributed by atoms with E-state index in [-0.39, 0.29) is 88.9 Å². The number of carboxylic acid groups (broad SMARTS) is 1. The number of carboxylic acids is 1. The number of nitrogens with two attached hydrogens (primary N) is 7. The Balaban J connectivity index is 1.25. The first kappa shape index (κ1) is 81.7. The molecule has 0 unspecified atom stereocenters. The number of aliphatic imine (C=N–C) groups is 3. The highest BCUT2D eigenvalue weighted by Crippen LogP contribution is 2.24. The minimum atomic E-state index is -1.47. The number of guanidine groups is 3. The van der Waals surface area contributed by atoms with Crippen LogP contribution in [0.5, 0.6) is 0 Å². The van der Waals surface area contributed by atoms with E-state index >= 15 is 14.4 Å². The zero-order valence-corrected chi connectivity index (χ0v) is 60.1. The lowest BCUT2D eigenvalue weighted by atomic mass is 9.97. The predicted octanol–water partition coefficient (Wildman–Crippen LogP) is -0.282. The molecule has 9 amide bonds. The van der Waals surface area contributed by atoms with Crippen LogP contribution in [0.3, 0.4) is 0 Å². The summed E-state index contributed by atoms with van der Waals surface area (Å²) in [4.78, 5) is 165. The maximum atomic E-state index is 15.2. The lowest BCUT2D eigenvalue weighted by Crippen LogP contribution is -2.62. The Kier molecular flexibility index (Phi) is 30.8. The van der Waals surface area contributed by atoms with Gasteiger partial charge in [-0.3, -0.25) is 58.1 Å². The van der Waals surface area contributed by atoms with Gasteiger partial charge in [-0.25, -0.2) is 4.79 Å². The molecule has 0 aliphatic heterocycles. The molecular weight excluding hydrogens is 1340 g/mol. The number of rotatable bonds is 41. The topological polar surface area (TPSA) is 566 Å². The second kappa shape index (κ2) is 39.2. The summed E-state index contributed by atoms with van der Waals surface area (Å²) in [7, 11) is 0. The third kappa shape index (κ3) is 24.2. The number of carbonyl (C=O) groups is 10. The Morgan fingerprint density at radius 1 is 0.356 bits per heavy atom. The first-order valence-electron chi connectivity index (χ1n) is 34.9. The van der Waals surface area contributed by atoms with Crippen molar-refractivity contribution >= 4 is 110 Å². The quantitative estimate of drug-likeness (QED) is 0.0133. The molecule has 3 aromatic heterocycles. The Morgan fingerprint density at radius 2 is 0.615 bits per heavy atom. The molecule has 0 aliphatic carbocycles. The number of benzene rings is 3. The van der Waals surface area contributed by atoms with Crippen molar-refractivity contribution in [3.63, 3.8) is 0 Å². The summed E-state index contributed by atoms with van der Waals surface area (Å²) in [6.45, 7) is 13.7. The molecule has 0 spiro atoms. The van der Waals surface area contributed by atoms with E-state index in [0.29, 0.717) is 34.0 Å². The number of H-pyrrole nitrogens is 3. The molecular formula is C71H104N22O11. The third-order valence-corrected chi connectivity index (χ3v) is 17.6. The zero-order chi connectivity index (χ0) is 76.5.